The zero-order chi connectivity index (χ0) is 15.2. The van der Waals surface area contributed by atoms with Crippen LogP contribution in [-0.2, 0) is 6.54 Å². The summed E-state index contributed by atoms with van der Waals surface area (Å²) >= 11 is 3.43. The lowest BCUT2D eigenvalue weighted by atomic mass is 10.1. The highest BCUT2D eigenvalue weighted by molar-refractivity contribution is 7.14. The fourth-order valence-electron chi connectivity index (χ4n) is 2.69. The number of aromatic nitrogens is 1. The quantitative estimate of drug-likeness (QED) is 0.763. The minimum atomic E-state index is -0.0727. The van der Waals surface area contributed by atoms with E-state index in [2.05, 4.69) is 37.4 Å². The van der Waals surface area contributed by atoms with Crippen LogP contribution in [0.3, 0.4) is 0 Å². The number of piperidine rings is 1. The van der Waals surface area contributed by atoms with Gasteiger partial charge >= 0.3 is 0 Å². The second kappa shape index (κ2) is 8.17. The SMILES string of the molecule is OC1CCN(CCCNCc2csc(-c3ccsc3)n2)CC1. The van der Waals surface area contributed by atoms with E-state index >= 15 is 0 Å². The summed E-state index contributed by atoms with van der Waals surface area (Å²) < 4.78 is 0. The third-order valence-corrected chi connectivity index (χ3v) is 5.63. The summed E-state index contributed by atoms with van der Waals surface area (Å²) in [4.78, 5) is 7.12. The van der Waals surface area contributed by atoms with E-state index in [1.165, 1.54) is 5.56 Å². The van der Waals surface area contributed by atoms with Gasteiger partial charge in [0.1, 0.15) is 5.01 Å². The maximum atomic E-state index is 9.49. The summed E-state index contributed by atoms with van der Waals surface area (Å²) in [6, 6.07) is 2.12. The Morgan fingerprint density at radius 2 is 2.18 bits per heavy atom. The Balaban J connectivity index is 1.32. The molecule has 2 aromatic rings. The van der Waals surface area contributed by atoms with Gasteiger partial charge in [0.25, 0.3) is 0 Å². The van der Waals surface area contributed by atoms with Gasteiger partial charge in [-0.15, -0.1) is 11.3 Å². The summed E-state index contributed by atoms with van der Waals surface area (Å²) in [6.07, 6.45) is 2.93. The number of aliphatic hydroxyl groups is 1. The highest BCUT2D eigenvalue weighted by atomic mass is 32.1. The smallest absolute Gasteiger partial charge is 0.124 e. The predicted molar refractivity (Wildman–Crippen MR) is 93.4 cm³/mol. The molecule has 2 aromatic heterocycles. The molecule has 1 saturated heterocycles. The van der Waals surface area contributed by atoms with E-state index in [-0.39, 0.29) is 6.10 Å². The van der Waals surface area contributed by atoms with E-state index in [9.17, 15) is 5.11 Å². The second-order valence-electron chi connectivity index (χ2n) is 5.76. The molecule has 0 atom stereocenters. The van der Waals surface area contributed by atoms with Crippen LogP contribution in [-0.4, -0.2) is 47.3 Å². The first-order chi connectivity index (χ1) is 10.8. The van der Waals surface area contributed by atoms with E-state index in [4.69, 9.17) is 0 Å². The fraction of sp³-hybridized carbons (Fsp3) is 0.562. The molecule has 0 bridgehead atoms. The highest BCUT2D eigenvalue weighted by Gasteiger charge is 2.15. The Kier molecular flexibility index (Phi) is 5.97. The molecule has 120 valence electrons. The molecular weight excluding hydrogens is 314 g/mol. The van der Waals surface area contributed by atoms with E-state index in [1.807, 2.05) is 0 Å². The average Bonchev–Trinajstić information content (AvgIpc) is 3.19. The first kappa shape index (κ1) is 16.1. The molecule has 22 heavy (non-hydrogen) atoms. The molecule has 6 heteroatoms. The normalized spacial score (nSPS) is 17.1. The lowest BCUT2D eigenvalue weighted by molar-refractivity contribution is 0.0821. The van der Waals surface area contributed by atoms with Gasteiger partial charge in [0, 0.05) is 36.0 Å². The Morgan fingerprint density at radius 1 is 1.32 bits per heavy atom. The fourth-order valence-corrected chi connectivity index (χ4v) is 4.23. The van der Waals surface area contributed by atoms with Crippen molar-refractivity contribution >= 4 is 22.7 Å². The van der Waals surface area contributed by atoms with Crippen LogP contribution >= 0.6 is 22.7 Å². The summed E-state index contributed by atoms with van der Waals surface area (Å²) in [5, 5.41) is 20.5. The van der Waals surface area contributed by atoms with Crippen molar-refractivity contribution < 1.29 is 5.11 Å². The van der Waals surface area contributed by atoms with Gasteiger partial charge in [0.05, 0.1) is 11.8 Å². The van der Waals surface area contributed by atoms with Crippen molar-refractivity contribution in [1.29, 1.82) is 0 Å². The summed E-state index contributed by atoms with van der Waals surface area (Å²) in [6.45, 7) is 5.06. The molecule has 0 spiro atoms. The van der Waals surface area contributed by atoms with Crippen LogP contribution in [0.2, 0.25) is 0 Å². The Labute approximate surface area is 139 Å². The third kappa shape index (κ3) is 4.60. The van der Waals surface area contributed by atoms with Gasteiger partial charge in [0.15, 0.2) is 0 Å². The number of likely N-dealkylation sites (tertiary alicyclic amines) is 1. The van der Waals surface area contributed by atoms with Gasteiger partial charge in [-0.05, 0) is 43.8 Å². The number of hydrogen-bond acceptors (Lipinski definition) is 6. The standard InChI is InChI=1S/C16H23N3OS2/c20-15-2-7-19(8-3-15)6-1-5-17-10-14-12-22-16(18-14)13-4-9-21-11-13/h4,9,11-12,15,17,20H,1-3,5-8,10H2. The number of nitrogens with zero attached hydrogens (tertiary/aromatic N) is 2. The molecule has 0 saturated carbocycles. The number of hydrogen-bond donors (Lipinski definition) is 2. The van der Waals surface area contributed by atoms with Crippen molar-refractivity contribution in [2.45, 2.75) is 31.9 Å². The molecule has 0 amide bonds. The lowest BCUT2D eigenvalue weighted by Crippen LogP contribution is -2.37. The van der Waals surface area contributed by atoms with E-state index in [0.29, 0.717) is 0 Å². The van der Waals surface area contributed by atoms with Gasteiger partial charge < -0.3 is 15.3 Å². The Morgan fingerprint density at radius 3 is 2.95 bits per heavy atom. The minimum absolute atomic E-state index is 0.0727. The van der Waals surface area contributed by atoms with Gasteiger partial charge in [0.2, 0.25) is 0 Å². The summed E-state index contributed by atoms with van der Waals surface area (Å²) in [7, 11) is 0. The van der Waals surface area contributed by atoms with Crippen molar-refractivity contribution in [2.24, 2.45) is 0 Å². The van der Waals surface area contributed by atoms with Crippen LogP contribution in [0.4, 0.5) is 0 Å². The molecular formula is C16H23N3OS2. The maximum Gasteiger partial charge on any atom is 0.124 e. The monoisotopic (exact) mass is 337 g/mol. The van der Waals surface area contributed by atoms with E-state index in [0.717, 1.165) is 62.7 Å². The number of aliphatic hydroxyl groups excluding tert-OH is 1. The third-order valence-electron chi connectivity index (χ3n) is 4.01. The first-order valence-electron chi connectivity index (χ1n) is 7.89. The maximum absolute atomic E-state index is 9.49. The molecule has 4 nitrogen and oxygen atoms in total. The molecule has 0 radical (unpaired) electrons. The summed E-state index contributed by atoms with van der Waals surface area (Å²) in [5.74, 6) is 0. The van der Waals surface area contributed by atoms with Crippen LogP contribution in [0.15, 0.2) is 22.2 Å². The van der Waals surface area contributed by atoms with Crippen LogP contribution in [0.25, 0.3) is 10.6 Å². The minimum Gasteiger partial charge on any atom is -0.393 e. The van der Waals surface area contributed by atoms with Crippen molar-refractivity contribution in [3.8, 4) is 10.6 Å². The lowest BCUT2D eigenvalue weighted by Gasteiger charge is -2.29. The van der Waals surface area contributed by atoms with Crippen LogP contribution in [0.1, 0.15) is 25.0 Å². The molecule has 0 unspecified atom stereocenters. The largest absolute Gasteiger partial charge is 0.393 e. The van der Waals surface area contributed by atoms with Crippen molar-refractivity contribution in [1.82, 2.24) is 15.2 Å². The first-order valence-corrected chi connectivity index (χ1v) is 9.71. The van der Waals surface area contributed by atoms with E-state index in [1.54, 1.807) is 22.7 Å². The van der Waals surface area contributed by atoms with Crippen LogP contribution < -0.4 is 5.32 Å². The van der Waals surface area contributed by atoms with Gasteiger partial charge in [-0.1, -0.05) is 0 Å². The average molecular weight is 338 g/mol. The molecule has 1 aliphatic heterocycles. The molecule has 0 aromatic carbocycles. The van der Waals surface area contributed by atoms with Gasteiger partial charge in [-0.2, -0.15) is 11.3 Å². The Bertz CT molecular complexity index is 548. The number of thiophene rings is 1. The highest BCUT2D eigenvalue weighted by Crippen LogP contribution is 2.25. The molecule has 1 fully saturated rings. The molecule has 3 rings (SSSR count). The van der Waals surface area contributed by atoms with Gasteiger partial charge in [-0.3, -0.25) is 0 Å². The van der Waals surface area contributed by atoms with Crippen molar-refractivity contribution in [3.05, 3.63) is 27.9 Å². The summed E-state index contributed by atoms with van der Waals surface area (Å²) in [5.41, 5.74) is 2.36. The topological polar surface area (TPSA) is 48.4 Å². The van der Waals surface area contributed by atoms with E-state index < -0.39 is 0 Å². The number of rotatable bonds is 7. The Hall–Kier alpha value is -0.790. The number of thiazole rings is 1. The molecule has 1 aliphatic rings. The molecule has 0 aliphatic carbocycles. The van der Waals surface area contributed by atoms with Crippen LogP contribution in [0, 0.1) is 0 Å². The van der Waals surface area contributed by atoms with Gasteiger partial charge in [-0.25, -0.2) is 4.98 Å². The van der Waals surface area contributed by atoms with Crippen molar-refractivity contribution in [3.63, 3.8) is 0 Å². The zero-order valence-electron chi connectivity index (χ0n) is 12.7. The second-order valence-corrected chi connectivity index (χ2v) is 7.40. The van der Waals surface area contributed by atoms with Crippen LogP contribution in [0.5, 0.6) is 0 Å². The zero-order valence-corrected chi connectivity index (χ0v) is 14.3. The molecule has 2 N–H and O–H groups in total. The molecule has 3 heterocycles. The number of nitrogens with one attached hydrogen (secondary N) is 1. The van der Waals surface area contributed by atoms with Crippen molar-refractivity contribution in [2.75, 3.05) is 26.2 Å². The predicted octanol–water partition coefficient (Wildman–Crippen LogP) is 2.81.